The average Bonchev–Trinajstić information content (AvgIpc) is 2.13. The summed E-state index contributed by atoms with van der Waals surface area (Å²) in [5, 5.41) is 3.17. The van der Waals surface area contributed by atoms with Gasteiger partial charge in [-0.05, 0) is 45.9 Å². The van der Waals surface area contributed by atoms with Gasteiger partial charge in [-0.3, -0.25) is 4.99 Å². The average molecular weight is 282 g/mol. The van der Waals surface area contributed by atoms with Crippen LogP contribution in [-0.4, -0.2) is 24.2 Å². The van der Waals surface area contributed by atoms with Gasteiger partial charge in [0, 0.05) is 11.8 Å². The molecule has 0 amide bonds. The second-order valence-electron chi connectivity index (χ2n) is 3.99. The molecule has 16 heavy (non-hydrogen) atoms. The number of rotatable bonds is 8. The molecule has 0 aromatic rings. The highest BCUT2D eigenvalue weighted by atomic mass is 32.9. The molecule has 0 aliphatic heterocycles. The lowest BCUT2D eigenvalue weighted by atomic mass is 10.4. The molecular formula is C10H23N2OPS2. The van der Waals surface area contributed by atoms with Gasteiger partial charge in [-0.25, -0.2) is 0 Å². The molecule has 1 unspecified atom stereocenters. The van der Waals surface area contributed by atoms with E-state index in [0.29, 0.717) is 0 Å². The van der Waals surface area contributed by atoms with Crippen molar-refractivity contribution in [3.8, 4) is 0 Å². The third-order valence-corrected chi connectivity index (χ3v) is 7.13. The van der Waals surface area contributed by atoms with Crippen LogP contribution in [0.15, 0.2) is 4.99 Å². The van der Waals surface area contributed by atoms with Crippen LogP contribution < -0.4 is 5.09 Å². The minimum absolute atomic E-state index is 0.148. The summed E-state index contributed by atoms with van der Waals surface area (Å²) in [4.78, 5) is 4.26. The van der Waals surface area contributed by atoms with Gasteiger partial charge in [-0.1, -0.05) is 18.3 Å². The van der Waals surface area contributed by atoms with Crippen LogP contribution in [0.2, 0.25) is 0 Å². The van der Waals surface area contributed by atoms with Gasteiger partial charge in [0.1, 0.15) is 0 Å². The number of nitrogens with one attached hydrogen (secondary N) is 1. The summed E-state index contributed by atoms with van der Waals surface area (Å²) in [7, 11) is 0. The van der Waals surface area contributed by atoms with Gasteiger partial charge in [0.15, 0.2) is 0 Å². The van der Waals surface area contributed by atoms with E-state index >= 15 is 0 Å². The Bertz CT molecular complexity index is 257. The van der Waals surface area contributed by atoms with Crippen LogP contribution in [0.25, 0.3) is 0 Å². The zero-order valence-corrected chi connectivity index (χ0v) is 13.3. The highest BCUT2D eigenvalue weighted by Gasteiger charge is 2.18. The minimum atomic E-state index is -2.00. The molecule has 0 rings (SSSR count). The van der Waals surface area contributed by atoms with E-state index in [1.807, 2.05) is 27.7 Å². The van der Waals surface area contributed by atoms with Crippen molar-refractivity contribution < 1.29 is 4.52 Å². The van der Waals surface area contributed by atoms with E-state index in [1.54, 1.807) is 17.7 Å². The Morgan fingerprint density at radius 2 is 2.06 bits per heavy atom. The van der Waals surface area contributed by atoms with Crippen LogP contribution >= 0.6 is 17.0 Å². The van der Waals surface area contributed by atoms with Gasteiger partial charge >= 0.3 is 0 Å². The fourth-order valence-corrected chi connectivity index (χ4v) is 5.88. The van der Waals surface area contributed by atoms with Crippen molar-refractivity contribution in [1.82, 2.24) is 5.09 Å². The lowest BCUT2D eigenvalue weighted by Crippen LogP contribution is -2.12. The molecule has 0 spiro atoms. The summed E-state index contributed by atoms with van der Waals surface area (Å²) in [5.74, 6) is 1.02. The maximum absolute atomic E-state index is 5.81. The first kappa shape index (κ1) is 16.4. The fraction of sp³-hybridized carbons (Fsp3) is 0.900. The Morgan fingerprint density at radius 1 is 1.44 bits per heavy atom. The van der Waals surface area contributed by atoms with Gasteiger partial charge in [-0.2, -0.15) is 0 Å². The molecule has 0 radical (unpaired) electrons. The summed E-state index contributed by atoms with van der Waals surface area (Å²) in [6.07, 6.45) is 2.96. The molecule has 0 aromatic carbocycles. The van der Waals surface area contributed by atoms with Crippen LogP contribution in [-0.2, 0) is 16.3 Å². The molecule has 0 heterocycles. The van der Waals surface area contributed by atoms with Gasteiger partial charge in [0.2, 0.25) is 5.62 Å². The third kappa shape index (κ3) is 8.57. The van der Waals surface area contributed by atoms with Crippen LogP contribution in [0.3, 0.4) is 0 Å². The van der Waals surface area contributed by atoms with Crippen LogP contribution in [0.4, 0.5) is 0 Å². The van der Waals surface area contributed by atoms with Gasteiger partial charge in [0.05, 0.1) is 12.4 Å². The third-order valence-electron chi connectivity index (χ3n) is 1.40. The molecule has 3 nitrogen and oxygen atoms in total. The second kappa shape index (κ2) is 8.51. The standard InChI is InChI=1S/C10H23N2OPS2/c1-6-7-16-14(15,13-10(4)5)12-8-11-9(2)3/h8-10H,6-7H2,1-5H3,(H,11,12,15). The largest absolute Gasteiger partial charge is 0.324 e. The monoisotopic (exact) mass is 282 g/mol. The van der Waals surface area contributed by atoms with E-state index in [1.165, 1.54) is 0 Å². The van der Waals surface area contributed by atoms with Crippen molar-refractivity contribution >= 4 is 35.1 Å². The summed E-state index contributed by atoms with van der Waals surface area (Å²) in [5.41, 5.74) is -2.00. The molecule has 96 valence electrons. The van der Waals surface area contributed by atoms with Crippen molar-refractivity contribution in [2.75, 3.05) is 5.75 Å². The summed E-state index contributed by atoms with van der Waals surface area (Å²) in [6, 6.07) is 0.283. The topological polar surface area (TPSA) is 33.6 Å². The summed E-state index contributed by atoms with van der Waals surface area (Å²) < 4.78 is 5.81. The zero-order chi connectivity index (χ0) is 12.6. The molecule has 6 heteroatoms. The number of nitrogens with zero attached hydrogens (tertiary/aromatic N) is 1. The Hall–Kier alpha value is 0.430. The van der Waals surface area contributed by atoms with E-state index in [9.17, 15) is 0 Å². The quantitative estimate of drug-likeness (QED) is 0.417. The number of hydrogen-bond donors (Lipinski definition) is 1. The Balaban J connectivity index is 4.35. The molecule has 0 aliphatic carbocycles. The molecule has 1 atom stereocenters. The van der Waals surface area contributed by atoms with Gasteiger partial charge in [0.25, 0.3) is 0 Å². The highest BCUT2D eigenvalue weighted by Crippen LogP contribution is 2.56. The first-order chi connectivity index (χ1) is 7.39. The molecule has 1 N–H and O–H groups in total. The minimum Gasteiger partial charge on any atom is -0.324 e. The lowest BCUT2D eigenvalue weighted by molar-refractivity contribution is 0.274. The van der Waals surface area contributed by atoms with Crippen molar-refractivity contribution in [3.05, 3.63) is 0 Å². The Labute approximate surface area is 109 Å². The van der Waals surface area contributed by atoms with Crippen molar-refractivity contribution in [2.45, 2.75) is 53.2 Å². The van der Waals surface area contributed by atoms with E-state index < -0.39 is 5.62 Å². The summed E-state index contributed by atoms with van der Waals surface area (Å²) in [6.45, 7) is 10.2. The van der Waals surface area contributed by atoms with Gasteiger partial charge in [-0.15, -0.1) is 0 Å². The molecule has 0 fully saturated rings. The highest BCUT2D eigenvalue weighted by molar-refractivity contribution is 8.68. The number of aliphatic imine (C=N–C) groups is 1. The number of hydrogen-bond acceptors (Lipinski definition) is 4. The second-order valence-corrected chi connectivity index (χ2v) is 10.7. The SMILES string of the molecule is CCCSP(=S)(NC=NC(C)C)OC(C)C. The molecule has 0 aliphatic rings. The molecule has 0 bridgehead atoms. The molecular weight excluding hydrogens is 259 g/mol. The smallest absolute Gasteiger partial charge is 0.211 e. The summed E-state index contributed by atoms with van der Waals surface area (Å²) >= 11 is 7.25. The van der Waals surface area contributed by atoms with Crippen molar-refractivity contribution in [2.24, 2.45) is 4.99 Å². The lowest BCUT2D eigenvalue weighted by Gasteiger charge is -2.23. The molecule has 0 saturated heterocycles. The van der Waals surface area contributed by atoms with Crippen LogP contribution in [0.5, 0.6) is 0 Å². The van der Waals surface area contributed by atoms with Crippen LogP contribution in [0.1, 0.15) is 41.0 Å². The zero-order valence-electron chi connectivity index (χ0n) is 10.8. The Kier molecular flexibility index (Phi) is 8.74. The maximum Gasteiger partial charge on any atom is 0.211 e. The van der Waals surface area contributed by atoms with E-state index in [-0.39, 0.29) is 12.1 Å². The normalized spacial score (nSPS) is 15.9. The first-order valence-electron chi connectivity index (χ1n) is 5.62. The predicted molar refractivity (Wildman–Crippen MR) is 80.0 cm³/mol. The predicted octanol–water partition coefficient (Wildman–Crippen LogP) is 3.81. The van der Waals surface area contributed by atoms with E-state index in [2.05, 4.69) is 17.0 Å². The van der Waals surface area contributed by atoms with E-state index in [0.717, 1.165) is 12.2 Å². The first-order valence-corrected chi connectivity index (χ1v) is 9.93. The molecule has 0 saturated carbocycles. The fourth-order valence-electron chi connectivity index (χ4n) is 0.840. The van der Waals surface area contributed by atoms with E-state index in [4.69, 9.17) is 16.3 Å². The van der Waals surface area contributed by atoms with Crippen molar-refractivity contribution in [1.29, 1.82) is 0 Å². The molecule has 0 aromatic heterocycles. The Morgan fingerprint density at radius 3 is 2.50 bits per heavy atom. The van der Waals surface area contributed by atoms with Gasteiger partial charge < -0.3 is 9.61 Å². The van der Waals surface area contributed by atoms with Crippen LogP contribution in [0, 0.1) is 0 Å². The maximum atomic E-state index is 5.81. The van der Waals surface area contributed by atoms with Crippen molar-refractivity contribution in [3.63, 3.8) is 0 Å².